The summed E-state index contributed by atoms with van der Waals surface area (Å²) in [6.45, 7) is 2.05. The Hall–Kier alpha value is -2.74. The van der Waals surface area contributed by atoms with E-state index in [2.05, 4.69) is 5.32 Å². The Morgan fingerprint density at radius 1 is 1.19 bits per heavy atom. The molecule has 1 atom stereocenters. The van der Waals surface area contributed by atoms with E-state index in [1.165, 1.54) is 4.31 Å². The quantitative estimate of drug-likeness (QED) is 0.846. The molecule has 7 nitrogen and oxygen atoms in total. The highest BCUT2D eigenvalue weighted by molar-refractivity contribution is 7.92. The summed E-state index contributed by atoms with van der Waals surface area (Å²) in [4.78, 5) is 12.3. The second-order valence-electron chi connectivity index (χ2n) is 6.62. The largest absolute Gasteiger partial charge is 0.454 e. The first-order valence-corrected chi connectivity index (χ1v) is 10.3. The molecule has 142 valence electrons. The maximum atomic E-state index is 12.8. The van der Waals surface area contributed by atoms with Crippen molar-refractivity contribution < 1.29 is 22.7 Å². The van der Waals surface area contributed by atoms with Crippen LogP contribution in [0.2, 0.25) is 0 Å². The van der Waals surface area contributed by atoms with Crippen LogP contribution in [0, 0.1) is 0 Å². The van der Waals surface area contributed by atoms with Gasteiger partial charge in [-0.05, 0) is 43.2 Å². The molecule has 1 N–H and O–H groups in total. The van der Waals surface area contributed by atoms with Crippen molar-refractivity contribution in [3.05, 3.63) is 53.6 Å². The molecule has 1 unspecified atom stereocenters. The predicted octanol–water partition coefficient (Wildman–Crippen LogP) is 1.93. The van der Waals surface area contributed by atoms with Gasteiger partial charge < -0.3 is 14.8 Å². The van der Waals surface area contributed by atoms with Gasteiger partial charge in [-0.1, -0.05) is 18.2 Å². The van der Waals surface area contributed by atoms with Crippen LogP contribution in [0.5, 0.6) is 11.5 Å². The van der Waals surface area contributed by atoms with Crippen LogP contribution < -0.4 is 19.1 Å². The monoisotopic (exact) mass is 388 g/mol. The summed E-state index contributed by atoms with van der Waals surface area (Å²) < 4.78 is 37.6. The van der Waals surface area contributed by atoms with Gasteiger partial charge in [0.15, 0.2) is 11.5 Å². The van der Waals surface area contributed by atoms with Crippen molar-refractivity contribution in [2.45, 2.75) is 19.4 Å². The maximum absolute atomic E-state index is 12.8. The van der Waals surface area contributed by atoms with E-state index in [-0.39, 0.29) is 31.0 Å². The van der Waals surface area contributed by atoms with Crippen LogP contribution >= 0.6 is 0 Å². The van der Waals surface area contributed by atoms with E-state index in [4.69, 9.17) is 9.47 Å². The summed E-state index contributed by atoms with van der Waals surface area (Å²) in [7, 11) is -3.54. The van der Waals surface area contributed by atoms with Gasteiger partial charge in [-0.15, -0.1) is 0 Å². The van der Waals surface area contributed by atoms with Gasteiger partial charge in [0.1, 0.15) is 0 Å². The average molecular weight is 388 g/mol. The summed E-state index contributed by atoms with van der Waals surface area (Å²) in [6, 6.07) is 12.3. The highest BCUT2D eigenvalue weighted by Gasteiger charge is 2.34. The molecule has 0 saturated heterocycles. The molecule has 2 aromatic rings. The number of hydrogen-bond acceptors (Lipinski definition) is 5. The van der Waals surface area contributed by atoms with Gasteiger partial charge in [0.2, 0.25) is 16.8 Å². The number of benzene rings is 2. The average Bonchev–Trinajstić information content (AvgIpc) is 3.23. The number of carbonyl (C=O) groups excluding carboxylic acids is 1. The van der Waals surface area contributed by atoms with Gasteiger partial charge in [-0.3, -0.25) is 9.10 Å². The lowest BCUT2D eigenvalue weighted by molar-refractivity contribution is 0.0955. The lowest BCUT2D eigenvalue weighted by Crippen LogP contribution is -2.40. The van der Waals surface area contributed by atoms with E-state index < -0.39 is 10.0 Å². The highest BCUT2D eigenvalue weighted by atomic mass is 32.2. The van der Waals surface area contributed by atoms with Crippen molar-refractivity contribution in [1.29, 1.82) is 0 Å². The number of amides is 1. The number of fused-ring (bicyclic) bond motifs is 2. The minimum Gasteiger partial charge on any atom is -0.454 e. The molecule has 0 saturated carbocycles. The summed E-state index contributed by atoms with van der Waals surface area (Å²) in [6.07, 6.45) is 0.693. The van der Waals surface area contributed by atoms with Crippen molar-refractivity contribution in [3.63, 3.8) is 0 Å². The molecule has 0 fully saturated rings. The number of rotatable bonds is 5. The molecule has 4 rings (SSSR count). The molecule has 1 amide bonds. The third-order valence-corrected chi connectivity index (χ3v) is 6.60. The van der Waals surface area contributed by atoms with E-state index in [1.807, 2.05) is 31.2 Å². The van der Waals surface area contributed by atoms with Crippen molar-refractivity contribution in [2.24, 2.45) is 0 Å². The first-order chi connectivity index (χ1) is 13.0. The molecular weight excluding hydrogens is 368 g/mol. The Kier molecular flexibility index (Phi) is 4.43. The number of sulfonamides is 1. The molecule has 2 aliphatic heterocycles. The Morgan fingerprint density at radius 3 is 2.81 bits per heavy atom. The van der Waals surface area contributed by atoms with E-state index in [9.17, 15) is 13.2 Å². The minimum atomic E-state index is -3.54. The van der Waals surface area contributed by atoms with Gasteiger partial charge in [0, 0.05) is 18.2 Å². The number of anilines is 1. The summed E-state index contributed by atoms with van der Waals surface area (Å²) in [5, 5.41) is 2.67. The predicted molar refractivity (Wildman–Crippen MR) is 101 cm³/mol. The van der Waals surface area contributed by atoms with Gasteiger partial charge in [0.25, 0.3) is 5.91 Å². The van der Waals surface area contributed by atoms with Crippen LogP contribution in [-0.2, 0) is 16.4 Å². The fourth-order valence-corrected chi connectivity index (χ4v) is 5.15. The molecule has 0 aromatic heterocycles. The Balaban J connectivity index is 1.40. The molecule has 0 spiro atoms. The molecular formula is C19H20N2O5S. The summed E-state index contributed by atoms with van der Waals surface area (Å²) in [5.74, 6) is 0.592. The normalized spacial score (nSPS) is 17.7. The van der Waals surface area contributed by atoms with Crippen molar-refractivity contribution in [3.8, 4) is 11.5 Å². The molecule has 27 heavy (non-hydrogen) atoms. The molecule has 2 heterocycles. The zero-order valence-corrected chi connectivity index (χ0v) is 15.7. The minimum absolute atomic E-state index is 0.0288. The first kappa shape index (κ1) is 17.7. The van der Waals surface area contributed by atoms with Gasteiger partial charge >= 0.3 is 0 Å². The number of ether oxygens (including phenoxy) is 2. The third-order valence-electron chi connectivity index (χ3n) is 4.72. The van der Waals surface area contributed by atoms with Gasteiger partial charge in [-0.2, -0.15) is 0 Å². The van der Waals surface area contributed by atoms with Gasteiger partial charge in [-0.25, -0.2) is 8.42 Å². The standard InChI is InChI=1S/C19H20N2O5S/c1-13-10-14-4-2-3-5-16(14)21(13)27(23,24)9-8-20-19(22)15-6-7-17-18(11-15)26-12-25-17/h2-7,11,13H,8-10,12H2,1H3,(H,20,22). The number of carbonyl (C=O) groups is 1. The molecule has 0 bridgehead atoms. The summed E-state index contributed by atoms with van der Waals surface area (Å²) >= 11 is 0. The maximum Gasteiger partial charge on any atom is 0.251 e. The lowest BCUT2D eigenvalue weighted by atomic mass is 10.1. The van der Waals surface area contributed by atoms with Crippen LogP contribution in [0.3, 0.4) is 0 Å². The second kappa shape index (κ2) is 6.77. The van der Waals surface area contributed by atoms with Crippen LogP contribution in [0.25, 0.3) is 0 Å². The zero-order chi connectivity index (χ0) is 19.0. The molecule has 8 heteroatoms. The first-order valence-electron chi connectivity index (χ1n) is 8.73. The van der Waals surface area contributed by atoms with Crippen molar-refractivity contribution >= 4 is 21.6 Å². The van der Waals surface area contributed by atoms with E-state index in [0.29, 0.717) is 23.5 Å². The lowest BCUT2D eigenvalue weighted by Gasteiger charge is -2.24. The van der Waals surface area contributed by atoms with Gasteiger partial charge in [0.05, 0.1) is 11.4 Å². The SMILES string of the molecule is CC1Cc2ccccc2N1S(=O)(=O)CCNC(=O)c1ccc2c(c1)OCO2. The van der Waals surface area contributed by atoms with E-state index >= 15 is 0 Å². The second-order valence-corrected chi connectivity index (χ2v) is 8.58. The molecule has 2 aromatic carbocycles. The highest BCUT2D eigenvalue weighted by Crippen LogP contribution is 2.34. The number of nitrogens with one attached hydrogen (secondary N) is 1. The fourth-order valence-electron chi connectivity index (χ4n) is 3.49. The fraction of sp³-hybridized carbons (Fsp3) is 0.316. The van der Waals surface area contributed by atoms with Crippen LogP contribution in [-0.4, -0.2) is 39.5 Å². The van der Waals surface area contributed by atoms with Crippen molar-refractivity contribution in [1.82, 2.24) is 5.32 Å². The number of hydrogen-bond donors (Lipinski definition) is 1. The molecule has 2 aliphatic rings. The zero-order valence-electron chi connectivity index (χ0n) is 14.8. The van der Waals surface area contributed by atoms with Crippen molar-refractivity contribution in [2.75, 3.05) is 23.4 Å². The smallest absolute Gasteiger partial charge is 0.251 e. The van der Waals surface area contributed by atoms with Crippen LogP contribution in [0.1, 0.15) is 22.8 Å². The molecule has 0 aliphatic carbocycles. The Labute approximate surface area is 157 Å². The molecule has 0 radical (unpaired) electrons. The Morgan fingerprint density at radius 2 is 1.96 bits per heavy atom. The van der Waals surface area contributed by atoms with Crippen LogP contribution in [0.15, 0.2) is 42.5 Å². The topological polar surface area (TPSA) is 84.9 Å². The summed E-state index contributed by atoms with van der Waals surface area (Å²) in [5.41, 5.74) is 2.15. The van der Waals surface area contributed by atoms with Crippen LogP contribution in [0.4, 0.5) is 5.69 Å². The Bertz CT molecular complexity index is 989. The van der Waals surface area contributed by atoms with E-state index in [1.54, 1.807) is 18.2 Å². The number of nitrogens with zero attached hydrogens (tertiary/aromatic N) is 1. The van der Waals surface area contributed by atoms with E-state index in [0.717, 1.165) is 11.3 Å². The third kappa shape index (κ3) is 3.32. The number of para-hydroxylation sites is 1.